The lowest BCUT2D eigenvalue weighted by Crippen LogP contribution is -2.40. The number of nitrogens with two attached hydrogens (primary N) is 1. The summed E-state index contributed by atoms with van der Waals surface area (Å²) < 4.78 is 0.783. The molecule has 0 radical (unpaired) electrons. The van der Waals surface area contributed by atoms with Crippen molar-refractivity contribution in [1.82, 2.24) is 10.3 Å². The van der Waals surface area contributed by atoms with Crippen LogP contribution in [0.5, 0.6) is 0 Å². The number of halogens is 3. The second-order valence-electron chi connectivity index (χ2n) is 4.97. The zero-order valence-electron chi connectivity index (χ0n) is 13.1. The number of hydrogen-bond donors (Lipinski definition) is 2. The van der Waals surface area contributed by atoms with E-state index in [4.69, 9.17) is 5.73 Å². The van der Waals surface area contributed by atoms with Crippen LogP contribution in [0.4, 0.5) is 5.82 Å². The van der Waals surface area contributed by atoms with Crippen molar-refractivity contribution in [1.29, 1.82) is 0 Å². The van der Waals surface area contributed by atoms with Gasteiger partial charge in [0.05, 0.1) is 5.56 Å². The molecule has 0 aliphatic heterocycles. The molecule has 1 rings (SSSR count). The molecule has 0 fully saturated rings. The molecule has 1 unspecified atom stereocenters. The Morgan fingerprint density at radius 1 is 1.45 bits per heavy atom. The molecule has 1 aromatic heterocycles. The largest absolute Gasteiger partial charge is 0.362 e. The highest BCUT2D eigenvalue weighted by Crippen LogP contribution is 2.20. The summed E-state index contributed by atoms with van der Waals surface area (Å²) in [6, 6.07) is 1.79. The summed E-state index contributed by atoms with van der Waals surface area (Å²) in [5, 5.41) is 2.99. The summed E-state index contributed by atoms with van der Waals surface area (Å²) in [4.78, 5) is 18.5. The van der Waals surface area contributed by atoms with E-state index in [1.54, 1.807) is 12.3 Å². The van der Waals surface area contributed by atoms with Gasteiger partial charge in [-0.2, -0.15) is 0 Å². The van der Waals surface area contributed by atoms with E-state index in [9.17, 15) is 4.79 Å². The van der Waals surface area contributed by atoms with Crippen molar-refractivity contribution < 1.29 is 4.79 Å². The minimum atomic E-state index is -0.131. The van der Waals surface area contributed by atoms with E-state index >= 15 is 0 Å². The van der Waals surface area contributed by atoms with Crippen LogP contribution >= 0.6 is 40.7 Å². The Morgan fingerprint density at radius 2 is 2.09 bits per heavy atom. The number of amides is 1. The molecule has 1 heterocycles. The zero-order chi connectivity index (χ0) is 15.1. The maximum Gasteiger partial charge on any atom is 0.255 e. The number of rotatable bonds is 7. The topological polar surface area (TPSA) is 71.2 Å². The van der Waals surface area contributed by atoms with Gasteiger partial charge in [-0.3, -0.25) is 4.79 Å². The van der Waals surface area contributed by atoms with Crippen LogP contribution in [0, 0.1) is 0 Å². The van der Waals surface area contributed by atoms with Crippen molar-refractivity contribution in [3.8, 4) is 0 Å². The fraction of sp³-hybridized carbons (Fsp3) is 0.571. The first-order valence-corrected chi connectivity index (χ1v) is 7.62. The molecule has 0 aliphatic rings. The lowest BCUT2D eigenvalue weighted by molar-refractivity contribution is 0.0936. The summed E-state index contributed by atoms with van der Waals surface area (Å²) in [7, 11) is 3.73. The number of carbonyl (C=O) groups excluding carboxylic acids is 1. The third-order valence-electron chi connectivity index (χ3n) is 3.03. The van der Waals surface area contributed by atoms with Gasteiger partial charge in [0.1, 0.15) is 5.82 Å². The van der Waals surface area contributed by atoms with Crippen molar-refractivity contribution >= 4 is 52.5 Å². The summed E-state index contributed by atoms with van der Waals surface area (Å²) in [6.07, 6.45) is 4.73. The Hall–Kier alpha value is -0.560. The first-order valence-electron chi connectivity index (χ1n) is 6.83. The molecule has 5 nitrogen and oxygen atoms in total. The molecular weight excluding hydrogens is 391 g/mol. The van der Waals surface area contributed by atoms with Gasteiger partial charge in [0, 0.05) is 37.4 Å². The molecule has 1 aromatic rings. The molecular formula is C14H25BrCl2N4O. The Balaban J connectivity index is 0. The number of nitrogens with zero attached hydrogens (tertiary/aromatic N) is 2. The first kappa shape index (κ1) is 23.7. The fourth-order valence-corrected chi connectivity index (χ4v) is 2.25. The highest BCUT2D eigenvalue weighted by molar-refractivity contribution is 9.10. The second-order valence-corrected chi connectivity index (χ2v) is 5.88. The van der Waals surface area contributed by atoms with Crippen LogP contribution in [0.1, 0.15) is 36.5 Å². The maximum absolute atomic E-state index is 12.4. The standard InChI is InChI=1S/C14H23BrN4O.2ClH/c1-4-5-6-11(8-16)18-14(20)12-7-10(15)9-17-13(12)19(2)3;;/h7,9,11H,4-6,8,16H2,1-3H3,(H,18,20);2*1H. The van der Waals surface area contributed by atoms with E-state index in [0.717, 1.165) is 23.7 Å². The van der Waals surface area contributed by atoms with Crippen LogP contribution in [0.15, 0.2) is 16.7 Å². The van der Waals surface area contributed by atoms with Gasteiger partial charge < -0.3 is 16.0 Å². The fourth-order valence-electron chi connectivity index (χ4n) is 1.92. The van der Waals surface area contributed by atoms with Gasteiger partial charge in [0.15, 0.2) is 0 Å². The molecule has 128 valence electrons. The summed E-state index contributed by atoms with van der Waals surface area (Å²) in [5.41, 5.74) is 6.27. The molecule has 0 spiro atoms. The lowest BCUT2D eigenvalue weighted by Gasteiger charge is -2.20. The molecule has 22 heavy (non-hydrogen) atoms. The Bertz CT molecular complexity index is 460. The summed E-state index contributed by atoms with van der Waals surface area (Å²) in [5.74, 6) is 0.519. The van der Waals surface area contributed by atoms with Crippen LogP contribution < -0.4 is 16.0 Å². The molecule has 0 aromatic carbocycles. The molecule has 0 saturated heterocycles. The quantitative estimate of drug-likeness (QED) is 0.717. The Kier molecular flexibility index (Phi) is 12.9. The highest BCUT2D eigenvalue weighted by atomic mass is 79.9. The average Bonchev–Trinajstić information content (AvgIpc) is 2.42. The molecule has 8 heteroatoms. The van der Waals surface area contributed by atoms with Gasteiger partial charge >= 0.3 is 0 Å². The monoisotopic (exact) mass is 414 g/mol. The minimum Gasteiger partial charge on any atom is -0.362 e. The molecule has 0 saturated carbocycles. The van der Waals surface area contributed by atoms with Crippen LogP contribution in [0.3, 0.4) is 0 Å². The average molecular weight is 416 g/mol. The van der Waals surface area contributed by atoms with Crippen LogP contribution in [-0.4, -0.2) is 37.6 Å². The van der Waals surface area contributed by atoms with Crippen LogP contribution in [0.25, 0.3) is 0 Å². The highest BCUT2D eigenvalue weighted by Gasteiger charge is 2.17. The van der Waals surface area contributed by atoms with E-state index in [1.165, 1.54) is 0 Å². The van der Waals surface area contributed by atoms with Crippen LogP contribution in [-0.2, 0) is 0 Å². The number of pyridine rings is 1. The normalized spacial score (nSPS) is 11.0. The van der Waals surface area contributed by atoms with Crippen LogP contribution in [0.2, 0.25) is 0 Å². The second kappa shape index (κ2) is 11.9. The Labute approximate surface area is 153 Å². The summed E-state index contributed by atoms with van der Waals surface area (Å²) >= 11 is 3.35. The minimum absolute atomic E-state index is 0. The van der Waals surface area contributed by atoms with E-state index in [1.807, 2.05) is 19.0 Å². The maximum atomic E-state index is 12.4. The van der Waals surface area contributed by atoms with Crippen molar-refractivity contribution in [2.45, 2.75) is 32.2 Å². The first-order chi connectivity index (χ1) is 9.49. The lowest BCUT2D eigenvalue weighted by atomic mass is 10.1. The number of aromatic nitrogens is 1. The molecule has 1 atom stereocenters. The zero-order valence-corrected chi connectivity index (χ0v) is 16.4. The third-order valence-corrected chi connectivity index (χ3v) is 3.46. The van der Waals surface area contributed by atoms with Gasteiger partial charge in [0.25, 0.3) is 5.91 Å². The number of anilines is 1. The van der Waals surface area contributed by atoms with E-state index in [-0.39, 0.29) is 36.8 Å². The number of nitrogens with one attached hydrogen (secondary N) is 1. The van der Waals surface area contributed by atoms with Gasteiger partial charge in [-0.05, 0) is 28.4 Å². The number of carbonyl (C=O) groups is 1. The van der Waals surface area contributed by atoms with Crippen molar-refractivity contribution in [3.05, 3.63) is 22.3 Å². The van der Waals surface area contributed by atoms with Crippen molar-refractivity contribution in [2.24, 2.45) is 5.73 Å². The van der Waals surface area contributed by atoms with Crippen molar-refractivity contribution in [3.63, 3.8) is 0 Å². The van der Waals surface area contributed by atoms with E-state index in [2.05, 4.69) is 33.2 Å². The molecule has 1 amide bonds. The van der Waals surface area contributed by atoms with Crippen molar-refractivity contribution in [2.75, 3.05) is 25.5 Å². The molecule has 0 aliphatic carbocycles. The predicted molar refractivity (Wildman–Crippen MR) is 101 cm³/mol. The van der Waals surface area contributed by atoms with Gasteiger partial charge in [-0.1, -0.05) is 19.8 Å². The van der Waals surface area contributed by atoms with E-state index < -0.39 is 0 Å². The van der Waals surface area contributed by atoms with Gasteiger partial charge in [-0.15, -0.1) is 24.8 Å². The molecule has 0 bridgehead atoms. The Morgan fingerprint density at radius 3 is 2.59 bits per heavy atom. The summed E-state index contributed by atoms with van der Waals surface area (Å²) in [6.45, 7) is 2.57. The van der Waals surface area contributed by atoms with Gasteiger partial charge in [0.2, 0.25) is 0 Å². The SMILES string of the molecule is CCCCC(CN)NC(=O)c1cc(Br)cnc1N(C)C.Cl.Cl. The predicted octanol–water partition coefficient (Wildman–Crippen LogP) is 3.00. The molecule has 3 N–H and O–H groups in total. The number of unbranched alkanes of at least 4 members (excludes halogenated alkanes) is 1. The van der Waals surface area contributed by atoms with E-state index in [0.29, 0.717) is 17.9 Å². The van der Waals surface area contributed by atoms with Gasteiger partial charge in [-0.25, -0.2) is 4.98 Å². The smallest absolute Gasteiger partial charge is 0.255 e. The third kappa shape index (κ3) is 7.13. The number of hydrogen-bond acceptors (Lipinski definition) is 4.